The first-order valence-electron chi connectivity index (χ1n) is 12.1. The molecule has 2 aliphatic heterocycles. The average Bonchev–Trinajstić information content (AvgIpc) is 3.48. The monoisotopic (exact) mass is 434 g/mol. The molecule has 1 aliphatic carbocycles. The molecule has 1 amide bonds. The van der Waals surface area contributed by atoms with Gasteiger partial charge in [-0.3, -0.25) is 9.69 Å². The minimum Gasteiger partial charge on any atom is -0.486 e. The van der Waals surface area contributed by atoms with Crippen LogP contribution in [0.1, 0.15) is 49.7 Å². The first kappa shape index (κ1) is 21.3. The lowest BCUT2D eigenvalue weighted by Gasteiger charge is -2.31. The van der Waals surface area contributed by atoms with Crippen LogP contribution in [0.25, 0.3) is 0 Å². The SMILES string of the molecule is O=C(C[C@@H]1CCN(Cc2ccccc2)C1)NCC1(c2ccc3c(c2)OCCO3)CCCC1. The second kappa shape index (κ2) is 9.53. The van der Waals surface area contributed by atoms with Gasteiger partial charge in [0.15, 0.2) is 11.5 Å². The highest BCUT2D eigenvalue weighted by atomic mass is 16.6. The van der Waals surface area contributed by atoms with E-state index in [0.29, 0.717) is 32.1 Å². The zero-order valence-corrected chi connectivity index (χ0v) is 18.9. The zero-order valence-electron chi connectivity index (χ0n) is 18.9. The Morgan fingerprint density at radius 3 is 2.62 bits per heavy atom. The van der Waals surface area contributed by atoms with Crippen LogP contribution in [0.5, 0.6) is 11.5 Å². The summed E-state index contributed by atoms with van der Waals surface area (Å²) in [6.07, 6.45) is 6.38. The predicted molar refractivity (Wildman–Crippen MR) is 125 cm³/mol. The highest BCUT2D eigenvalue weighted by Gasteiger charge is 2.37. The molecule has 5 nitrogen and oxygen atoms in total. The second-order valence-corrected chi connectivity index (χ2v) is 9.70. The van der Waals surface area contributed by atoms with Gasteiger partial charge in [0.2, 0.25) is 5.91 Å². The number of nitrogens with zero attached hydrogens (tertiary/aromatic N) is 1. The third-order valence-electron chi connectivity index (χ3n) is 7.43. The molecule has 5 rings (SSSR count). The molecular formula is C27H34N2O3. The standard InChI is InChI=1S/C27H34N2O3/c30-26(16-22-10-13-29(19-22)18-21-6-2-1-3-7-21)28-20-27(11-4-5-12-27)23-8-9-24-25(17-23)32-15-14-31-24/h1-3,6-9,17,22H,4-5,10-16,18-20H2,(H,28,30)/t22-/m0/s1. The maximum Gasteiger partial charge on any atom is 0.220 e. The number of hydrogen-bond acceptors (Lipinski definition) is 4. The lowest BCUT2D eigenvalue weighted by molar-refractivity contribution is -0.122. The van der Waals surface area contributed by atoms with Crippen molar-refractivity contribution in [3.8, 4) is 11.5 Å². The molecule has 0 radical (unpaired) electrons. The number of carbonyl (C=O) groups is 1. The average molecular weight is 435 g/mol. The topological polar surface area (TPSA) is 50.8 Å². The molecule has 0 spiro atoms. The molecule has 1 saturated carbocycles. The number of carbonyl (C=O) groups excluding carboxylic acids is 1. The van der Waals surface area contributed by atoms with Crippen molar-refractivity contribution in [3.63, 3.8) is 0 Å². The van der Waals surface area contributed by atoms with Gasteiger partial charge in [-0.05, 0) is 55.0 Å². The van der Waals surface area contributed by atoms with E-state index in [1.165, 1.54) is 24.0 Å². The molecule has 5 heteroatoms. The van der Waals surface area contributed by atoms with Gasteiger partial charge in [0.25, 0.3) is 0 Å². The van der Waals surface area contributed by atoms with Crippen LogP contribution in [0.15, 0.2) is 48.5 Å². The Hall–Kier alpha value is -2.53. The van der Waals surface area contributed by atoms with Gasteiger partial charge in [0.05, 0.1) is 0 Å². The van der Waals surface area contributed by atoms with Gasteiger partial charge in [-0.2, -0.15) is 0 Å². The molecule has 32 heavy (non-hydrogen) atoms. The van der Waals surface area contributed by atoms with E-state index in [9.17, 15) is 4.79 Å². The summed E-state index contributed by atoms with van der Waals surface area (Å²) in [7, 11) is 0. The van der Waals surface area contributed by atoms with E-state index >= 15 is 0 Å². The lowest BCUT2D eigenvalue weighted by Crippen LogP contribution is -2.39. The van der Waals surface area contributed by atoms with E-state index in [0.717, 1.165) is 50.4 Å². The second-order valence-electron chi connectivity index (χ2n) is 9.70. The van der Waals surface area contributed by atoms with Crippen molar-refractivity contribution in [1.82, 2.24) is 10.2 Å². The fourth-order valence-corrected chi connectivity index (χ4v) is 5.66. The van der Waals surface area contributed by atoms with Crippen molar-refractivity contribution in [2.75, 3.05) is 32.8 Å². The number of ether oxygens (including phenoxy) is 2. The minimum absolute atomic E-state index is 0.0144. The maximum atomic E-state index is 12.9. The van der Waals surface area contributed by atoms with Crippen LogP contribution in [-0.4, -0.2) is 43.7 Å². The van der Waals surface area contributed by atoms with Gasteiger partial charge in [0, 0.05) is 31.5 Å². The molecule has 1 saturated heterocycles. The van der Waals surface area contributed by atoms with E-state index in [1.54, 1.807) is 0 Å². The van der Waals surface area contributed by atoms with Crippen molar-refractivity contribution >= 4 is 5.91 Å². The summed E-state index contributed by atoms with van der Waals surface area (Å²) in [6.45, 7) is 4.99. The normalized spacial score (nSPS) is 22.1. The quantitative estimate of drug-likeness (QED) is 0.706. The third-order valence-corrected chi connectivity index (χ3v) is 7.43. The summed E-state index contributed by atoms with van der Waals surface area (Å²) in [6, 6.07) is 17.0. The molecule has 3 aliphatic rings. The van der Waals surface area contributed by atoms with Crippen molar-refractivity contribution in [2.45, 2.75) is 50.5 Å². The van der Waals surface area contributed by atoms with Crippen LogP contribution >= 0.6 is 0 Å². The van der Waals surface area contributed by atoms with Crippen molar-refractivity contribution in [1.29, 1.82) is 0 Å². The van der Waals surface area contributed by atoms with Gasteiger partial charge in [-0.15, -0.1) is 0 Å². The number of nitrogens with one attached hydrogen (secondary N) is 1. The van der Waals surface area contributed by atoms with Gasteiger partial charge < -0.3 is 14.8 Å². The van der Waals surface area contributed by atoms with Crippen LogP contribution in [-0.2, 0) is 16.8 Å². The zero-order chi connectivity index (χ0) is 21.8. The molecule has 1 N–H and O–H groups in total. The van der Waals surface area contributed by atoms with E-state index in [2.05, 4.69) is 52.7 Å². The molecule has 0 bridgehead atoms. The van der Waals surface area contributed by atoms with E-state index in [1.807, 2.05) is 6.07 Å². The fourth-order valence-electron chi connectivity index (χ4n) is 5.66. The fraction of sp³-hybridized carbons (Fsp3) is 0.519. The van der Waals surface area contributed by atoms with Crippen LogP contribution in [0.4, 0.5) is 0 Å². The summed E-state index contributed by atoms with van der Waals surface area (Å²) >= 11 is 0. The first-order chi connectivity index (χ1) is 15.7. The van der Waals surface area contributed by atoms with E-state index in [4.69, 9.17) is 9.47 Å². The maximum absolute atomic E-state index is 12.9. The Bertz CT molecular complexity index is 924. The van der Waals surface area contributed by atoms with Gasteiger partial charge >= 0.3 is 0 Å². The van der Waals surface area contributed by atoms with Gasteiger partial charge in [-0.1, -0.05) is 49.2 Å². The smallest absolute Gasteiger partial charge is 0.220 e. The number of rotatable bonds is 7. The van der Waals surface area contributed by atoms with E-state index in [-0.39, 0.29) is 11.3 Å². The van der Waals surface area contributed by atoms with Crippen molar-refractivity contribution in [3.05, 3.63) is 59.7 Å². The van der Waals surface area contributed by atoms with Gasteiger partial charge in [0.1, 0.15) is 13.2 Å². The van der Waals surface area contributed by atoms with Crippen molar-refractivity contribution < 1.29 is 14.3 Å². The van der Waals surface area contributed by atoms with Crippen LogP contribution in [0.2, 0.25) is 0 Å². The molecule has 0 unspecified atom stereocenters. The highest BCUT2D eigenvalue weighted by Crippen LogP contribution is 2.43. The van der Waals surface area contributed by atoms with Gasteiger partial charge in [-0.25, -0.2) is 0 Å². The van der Waals surface area contributed by atoms with Crippen molar-refractivity contribution in [2.24, 2.45) is 5.92 Å². The number of fused-ring (bicyclic) bond motifs is 1. The minimum atomic E-state index is 0.0144. The molecule has 0 aromatic heterocycles. The Morgan fingerprint density at radius 2 is 1.81 bits per heavy atom. The Morgan fingerprint density at radius 1 is 1.03 bits per heavy atom. The Kier molecular flexibility index (Phi) is 6.35. The molecule has 1 atom stereocenters. The first-order valence-corrected chi connectivity index (χ1v) is 12.1. The summed E-state index contributed by atoms with van der Waals surface area (Å²) in [5.74, 6) is 2.32. The summed E-state index contributed by atoms with van der Waals surface area (Å²) in [5, 5.41) is 3.31. The number of amides is 1. The number of hydrogen-bond donors (Lipinski definition) is 1. The molecule has 2 aromatic rings. The number of benzene rings is 2. The highest BCUT2D eigenvalue weighted by molar-refractivity contribution is 5.76. The largest absolute Gasteiger partial charge is 0.486 e. The molecule has 2 fully saturated rings. The lowest BCUT2D eigenvalue weighted by atomic mass is 9.78. The van der Waals surface area contributed by atoms with Crippen LogP contribution < -0.4 is 14.8 Å². The summed E-state index contributed by atoms with van der Waals surface area (Å²) in [4.78, 5) is 15.3. The summed E-state index contributed by atoms with van der Waals surface area (Å²) in [5.41, 5.74) is 2.63. The molecule has 170 valence electrons. The molecule has 2 aromatic carbocycles. The third kappa shape index (κ3) is 4.78. The number of likely N-dealkylation sites (tertiary alicyclic amines) is 1. The van der Waals surface area contributed by atoms with Crippen LogP contribution in [0.3, 0.4) is 0 Å². The molecule has 2 heterocycles. The predicted octanol–water partition coefficient (Wildman–Crippen LogP) is 4.30. The molecular weight excluding hydrogens is 400 g/mol. The van der Waals surface area contributed by atoms with E-state index < -0.39 is 0 Å². The van der Waals surface area contributed by atoms with Crippen LogP contribution in [0, 0.1) is 5.92 Å². The Labute approximate surface area is 191 Å². The Balaban J connectivity index is 1.16. The summed E-state index contributed by atoms with van der Waals surface area (Å²) < 4.78 is 11.5.